The van der Waals surface area contributed by atoms with Crippen LogP contribution in [0, 0.1) is 0 Å². The Hall–Kier alpha value is -1.66. The molecule has 1 unspecified atom stereocenters. The highest BCUT2D eigenvalue weighted by atomic mass is 35.5. The first-order valence-corrected chi connectivity index (χ1v) is 10.9. The summed E-state index contributed by atoms with van der Waals surface area (Å²) in [6.45, 7) is 2.23. The highest BCUT2D eigenvalue weighted by Gasteiger charge is 2.24. The van der Waals surface area contributed by atoms with E-state index in [2.05, 4.69) is 16.4 Å². The third-order valence-corrected chi connectivity index (χ3v) is 6.43. The van der Waals surface area contributed by atoms with Crippen LogP contribution in [0.1, 0.15) is 44.7 Å². The number of halogens is 1. The average Bonchev–Trinajstić information content (AvgIpc) is 3.34. The zero-order chi connectivity index (χ0) is 18.8. The van der Waals surface area contributed by atoms with Crippen molar-refractivity contribution in [1.29, 1.82) is 0 Å². The molecule has 1 aliphatic heterocycles. The van der Waals surface area contributed by atoms with Crippen molar-refractivity contribution in [2.75, 3.05) is 17.7 Å². The third kappa shape index (κ3) is 4.27. The van der Waals surface area contributed by atoms with Gasteiger partial charge in [-0.25, -0.2) is 0 Å². The van der Waals surface area contributed by atoms with E-state index in [9.17, 15) is 4.79 Å². The number of nitrogens with zero attached hydrogens (tertiary/aromatic N) is 1. The summed E-state index contributed by atoms with van der Waals surface area (Å²) in [7, 11) is 0. The lowest BCUT2D eigenvalue weighted by Gasteiger charge is -2.14. The fourth-order valence-electron chi connectivity index (χ4n) is 3.81. The highest BCUT2D eigenvalue weighted by molar-refractivity contribution is 8.14. The van der Waals surface area contributed by atoms with Crippen LogP contribution < -0.4 is 5.32 Å². The Labute approximate surface area is 168 Å². The van der Waals surface area contributed by atoms with Gasteiger partial charge >= 0.3 is 5.97 Å². The van der Waals surface area contributed by atoms with Gasteiger partial charge in [-0.15, -0.1) is 11.8 Å². The molecule has 2 heterocycles. The Kier molecular flexibility index (Phi) is 5.64. The van der Waals surface area contributed by atoms with E-state index in [0.29, 0.717) is 19.1 Å². The van der Waals surface area contributed by atoms with Gasteiger partial charge in [-0.2, -0.15) is 0 Å². The molecular formula is C20H24ClN3O2S. The number of aliphatic imine (C=N–C) groups is 1. The number of aromatic amines is 1. The van der Waals surface area contributed by atoms with E-state index in [1.54, 1.807) is 11.8 Å². The second-order valence-corrected chi connectivity index (χ2v) is 8.58. The SMILES string of the molecule is CCOC(=O)CC1CSC(c2cc3cc(Cl)cc(NC4CCCC4)c3[nH]2)=N1. The van der Waals surface area contributed by atoms with Crippen LogP contribution in [-0.2, 0) is 9.53 Å². The number of ether oxygens (including phenoxy) is 1. The Morgan fingerprint density at radius 3 is 2.96 bits per heavy atom. The number of H-pyrrole nitrogens is 1. The Morgan fingerprint density at radius 1 is 1.37 bits per heavy atom. The molecule has 27 heavy (non-hydrogen) atoms. The molecule has 0 saturated heterocycles. The number of hydrogen-bond donors (Lipinski definition) is 2. The zero-order valence-electron chi connectivity index (χ0n) is 15.4. The molecule has 4 rings (SSSR count). The van der Waals surface area contributed by atoms with Gasteiger partial charge in [-0.1, -0.05) is 24.4 Å². The number of rotatable bonds is 6. The number of fused-ring (bicyclic) bond motifs is 1. The van der Waals surface area contributed by atoms with Gasteiger partial charge < -0.3 is 15.0 Å². The van der Waals surface area contributed by atoms with E-state index < -0.39 is 0 Å². The van der Waals surface area contributed by atoms with Crippen LogP contribution in [0.5, 0.6) is 0 Å². The largest absolute Gasteiger partial charge is 0.466 e. The van der Waals surface area contributed by atoms with Crippen molar-refractivity contribution in [2.45, 2.75) is 51.1 Å². The normalized spacial score (nSPS) is 20.2. The molecule has 2 N–H and O–H groups in total. The number of aromatic nitrogens is 1. The molecule has 0 bridgehead atoms. The predicted octanol–water partition coefficient (Wildman–Crippen LogP) is 4.99. The summed E-state index contributed by atoms with van der Waals surface area (Å²) in [6.07, 6.45) is 5.32. The van der Waals surface area contributed by atoms with Crippen molar-refractivity contribution in [3.63, 3.8) is 0 Å². The van der Waals surface area contributed by atoms with Crippen LogP contribution in [0.25, 0.3) is 10.9 Å². The monoisotopic (exact) mass is 405 g/mol. The maximum absolute atomic E-state index is 11.7. The van der Waals surface area contributed by atoms with Crippen molar-refractivity contribution >= 4 is 51.0 Å². The minimum absolute atomic E-state index is 0.0184. The quantitative estimate of drug-likeness (QED) is 0.664. The number of carbonyl (C=O) groups excluding carboxylic acids is 1. The van der Waals surface area contributed by atoms with Gasteiger partial charge in [-0.05, 0) is 38.0 Å². The lowest BCUT2D eigenvalue weighted by atomic mass is 10.2. The second-order valence-electron chi connectivity index (χ2n) is 7.13. The number of carbonyl (C=O) groups is 1. The van der Waals surface area contributed by atoms with Crippen LogP contribution in [0.3, 0.4) is 0 Å². The minimum atomic E-state index is -0.181. The molecule has 7 heteroatoms. The highest BCUT2D eigenvalue weighted by Crippen LogP contribution is 2.33. The first kappa shape index (κ1) is 18.7. The summed E-state index contributed by atoms with van der Waals surface area (Å²) in [6, 6.07) is 6.57. The molecule has 1 aromatic heterocycles. The molecule has 1 aliphatic carbocycles. The van der Waals surface area contributed by atoms with Crippen molar-refractivity contribution < 1.29 is 9.53 Å². The van der Waals surface area contributed by atoms with Crippen molar-refractivity contribution in [3.8, 4) is 0 Å². The lowest BCUT2D eigenvalue weighted by molar-refractivity contribution is -0.143. The molecule has 5 nitrogen and oxygen atoms in total. The van der Waals surface area contributed by atoms with Crippen molar-refractivity contribution in [2.24, 2.45) is 4.99 Å². The second kappa shape index (κ2) is 8.15. The summed E-state index contributed by atoms with van der Waals surface area (Å²) in [5.41, 5.74) is 3.11. The van der Waals surface area contributed by atoms with Crippen molar-refractivity contribution in [3.05, 3.63) is 28.9 Å². The van der Waals surface area contributed by atoms with E-state index in [0.717, 1.165) is 38.1 Å². The molecule has 0 spiro atoms. The lowest BCUT2D eigenvalue weighted by Crippen LogP contribution is -2.14. The summed E-state index contributed by atoms with van der Waals surface area (Å²) < 4.78 is 5.04. The Bertz CT molecular complexity index is 873. The smallest absolute Gasteiger partial charge is 0.307 e. The summed E-state index contributed by atoms with van der Waals surface area (Å²) in [5, 5.41) is 6.41. The van der Waals surface area contributed by atoms with E-state index in [1.165, 1.54) is 25.7 Å². The first-order chi connectivity index (χ1) is 13.1. The number of benzene rings is 1. The van der Waals surface area contributed by atoms with Gasteiger partial charge in [0.1, 0.15) is 5.04 Å². The van der Waals surface area contributed by atoms with Crippen LogP contribution >= 0.6 is 23.4 Å². The van der Waals surface area contributed by atoms with Gasteiger partial charge in [0.2, 0.25) is 0 Å². The fourth-order valence-corrected chi connectivity index (χ4v) is 5.06. The van der Waals surface area contributed by atoms with Crippen LogP contribution in [0.2, 0.25) is 5.02 Å². The first-order valence-electron chi connectivity index (χ1n) is 9.57. The third-order valence-electron chi connectivity index (χ3n) is 5.06. The molecule has 0 radical (unpaired) electrons. The summed E-state index contributed by atoms with van der Waals surface area (Å²) in [5.74, 6) is 0.622. The average molecular weight is 406 g/mol. The number of hydrogen-bond acceptors (Lipinski definition) is 5. The molecule has 0 amide bonds. The number of anilines is 1. The minimum Gasteiger partial charge on any atom is -0.466 e. The summed E-state index contributed by atoms with van der Waals surface area (Å²) in [4.78, 5) is 19.9. The van der Waals surface area contributed by atoms with E-state index in [-0.39, 0.29) is 12.0 Å². The molecule has 1 aromatic carbocycles. The Balaban J connectivity index is 1.57. The van der Waals surface area contributed by atoms with Gasteiger partial charge in [0.15, 0.2) is 0 Å². The number of esters is 1. The van der Waals surface area contributed by atoms with Crippen molar-refractivity contribution in [1.82, 2.24) is 4.98 Å². The molecule has 1 atom stereocenters. The number of thioether (sulfide) groups is 1. The maximum atomic E-state index is 11.7. The maximum Gasteiger partial charge on any atom is 0.307 e. The summed E-state index contributed by atoms with van der Waals surface area (Å²) >= 11 is 8.03. The molecule has 1 saturated carbocycles. The van der Waals surface area contributed by atoms with Crippen LogP contribution in [0.4, 0.5) is 5.69 Å². The van der Waals surface area contributed by atoms with Crippen LogP contribution in [-0.4, -0.2) is 40.4 Å². The molecule has 2 aliphatic rings. The van der Waals surface area contributed by atoms with Gasteiger partial charge in [0.25, 0.3) is 0 Å². The van der Waals surface area contributed by atoms with Crippen LogP contribution in [0.15, 0.2) is 23.2 Å². The standard InChI is InChI=1S/C20H24ClN3O2S/c1-2-26-18(25)10-15-11-27-20(23-15)17-8-12-7-13(21)9-16(19(12)24-17)22-14-5-3-4-6-14/h7-9,14-15,22,24H,2-6,10-11H2,1H3. The van der Waals surface area contributed by atoms with E-state index in [1.807, 2.05) is 19.1 Å². The van der Waals surface area contributed by atoms with E-state index >= 15 is 0 Å². The molecule has 144 valence electrons. The van der Waals surface area contributed by atoms with Gasteiger partial charge in [0, 0.05) is 22.2 Å². The fraction of sp³-hybridized carbons (Fsp3) is 0.500. The molecule has 1 fully saturated rings. The van der Waals surface area contributed by atoms with E-state index in [4.69, 9.17) is 21.3 Å². The predicted molar refractivity (Wildman–Crippen MR) is 113 cm³/mol. The topological polar surface area (TPSA) is 66.5 Å². The zero-order valence-corrected chi connectivity index (χ0v) is 17.0. The number of nitrogens with one attached hydrogen (secondary N) is 2. The Morgan fingerprint density at radius 2 is 2.19 bits per heavy atom. The van der Waals surface area contributed by atoms with Gasteiger partial charge in [0.05, 0.1) is 36.0 Å². The van der Waals surface area contributed by atoms with Gasteiger partial charge in [-0.3, -0.25) is 9.79 Å². The molecular weight excluding hydrogens is 382 g/mol. The molecule has 2 aromatic rings.